The lowest BCUT2D eigenvalue weighted by molar-refractivity contribution is -0.378. The van der Waals surface area contributed by atoms with E-state index in [4.69, 9.17) is 14.7 Å². The Balaban J connectivity index is 2.26. The summed E-state index contributed by atoms with van der Waals surface area (Å²) in [6.45, 7) is 14.7. The highest BCUT2D eigenvalue weighted by Gasteiger charge is 2.60. The number of hydroxylamine groups is 2. The molecule has 22 heavy (non-hydrogen) atoms. The molecule has 2 aliphatic heterocycles. The molecule has 0 aliphatic carbocycles. The highest BCUT2D eigenvalue weighted by Crippen LogP contribution is 2.50. The summed E-state index contributed by atoms with van der Waals surface area (Å²) >= 11 is 0. The summed E-state index contributed by atoms with van der Waals surface area (Å²) in [6, 6.07) is 0. The fourth-order valence-electron chi connectivity index (χ4n) is 4.35. The van der Waals surface area contributed by atoms with E-state index in [-0.39, 0.29) is 16.5 Å². The molecule has 2 aliphatic rings. The minimum atomic E-state index is -0.499. The summed E-state index contributed by atoms with van der Waals surface area (Å²) in [5.41, 5.74) is -0.211. The fraction of sp³-hybridized carbons (Fsp3) is 1.00. The van der Waals surface area contributed by atoms with Gasteiger partial charge in [0, 0.05) is 18.3 Å². The zero-order valence-electron chi connectivity index (χ0n) is 15.4. The van der Waals surface area contributed by atoms with E-state index >= 15 is 0 Å². The van der Waals surface area contributed by atoms with E-state index in [0.717, 1.165) is 51.7 Å². The van der Waals surface area contributed by atoms with Crippen LogP contribution in [0.2, 0.25) is 0 Å². The molecule has 0 radical (unpaired) electrons. The lowest BCUT2D eigenvalue weighted by Gasteiger charge is -2.57. The molecule has 2 saturated heterocycles. The van der Waals surface area contributed by atoms with Crippen LogP contribution >= 0.6 is 0 Å². The molecular weight excluding hydrogens is 278 g/mol. The van der Waals surface area contributed by atoms with Crippen LogP contribution in [0.25, 0.3) is 0 Å². The number of hydrogen-bond acceptors (Lipinski definition) is 3. The first kappa shape index (κ1) is 18.2. The second kappa shape index (κ2) is 6.04. The topological polar surface area (TPSA) is 44.6 Å². The maximum absolute atomic E-state index is 8.65. The molecule has 0 aromatic heterocycles. The van der Waals surface area contributed by atoms with Gasteiger partial charge in [-0.15, -0.1) is 0 Å². The minimum absolute atomic E-state index is 0.153. The molecule has 2 heterocycles. The smallest absolute Gasteiger partial charge is 0.172 e. The molecular formula is C18H36NO3+. The number of rotatable bonds is 4. The third-order valence-corrected chi connectivity index (χ3v) is 6.48. The lowest BCUT2D eigenvalue weighted by atomic mass is 9.72. The third-order valence-electron chi connectivity index (χ3n) is 6.48. The standard InChI is InChI=1S/C18H35NO3/c1-7-16(8-2)13-21-18(22-14-16)11-15(5,6)19(20)17(9-3,10-4)12-18/h20H,7-14H2,1-6H3/p+1. The molecule has 130 valence electrons. The van der Waals surface area contributed by atoms with Gasteiger partial charge in [0.2, 0.25) is 0 Å². The highest BCUT2D eigenvalue weighted by atomic mass is 16.7. The van der Waals surface area contributed by atoms with E-state index in [2.05, 4.69) is 41.5 Å². The van der Waals surface area contributed by atoms with Crippen LogP contribution in [0.4, 0.5) is 0 Å². The predicted octanol–water partition coefficient (Wildman–Crippen LogP) is 3.61. The molecule has 4 heteroatoms. The second-order valence-electron chi connectivity index (χ2n) is 8.13. The van der Waals surface area contributed by atoms with Crippen LogP contribution in [0.15, 0.2) is 0 Å². The number of piperidine rings is 1. The molecule has 1 spiro atoms. The van der Waals surface area contributed by atoms with Crippen molar-refractivity contribution in [2.45, 2.75) is 96.9 Å². The van der Waals surface area contributed by atoms with Crippen molar-refractivity contribution in [2.24, 2.45) is 5.41 Å². The third kappa shape index (κ3) is 2.83. The van der Waals surface area contributed by atoms with E-state index in [1.54, 1.807) is 0 Å². The summed E-state index contributed by atoms with van der Waals surface area (Å²) in [5, 5.41) is 10.5. The van der Waals surface area contributed by atoms with E-state index in [1.807, 2.05) is 5.06 Å². The molecule has 0 unspecified atom stereocenters. The zero-order valence-corrected chi connectivity index (χ0v) is 15.4. The summed E-state index contributed by atoms with van der Waals surface area (Å²) < 4.78 is 12.8. The number of ether oxygens (including phenoxy) is 2. The second-order valence-corrected chi connectivity index (χ2v) is 8.13. The van der Waals surface area contributed by atoms with Crippen molar-refractivity contribution in [3.05, 3.63) is 0 Å². The molecule has 0 saturated carbocycles. The van der Waals surface area contributed by atoms with Crippen molar-refractivity contribution in [3.63, 3.8) is 0 Å². The SMILES string of the molecule is CCC1(CC)COC2(CC(C)(C)N([OH2+])C(CC)(CC)C2)OC1. The Labute approximate surface area is 136 Å². The molecule has 2 rings (SSSR count). The molecule has 0 bridgehead atoms. The van der Waals surface area contributed by atoms with Crippen LogP contribution < -0.4 is 0 Å². The normalized spacial score (nSPS) is 29.6. The van der Waals surface area contributed by atoms with Gasteiger partial charge in [-0.2, -0.15) is 0 Å². The largest absolute Gasteiger partial charge is 0.349 e. The average molecular weight is 314 g/mol. The van der Waals surface area contributed by atoms with Gasteiger partial charge >= 0.3 is 0 Å². The van der Waals surface area contributed by atoms with Crippen molar-refractivity contribution >= 4 is 0 Å². The van der Waals surface area contributed by atoms with Crippen molar-refractivity contribution in [1.82, 2.24) is 5.06 Å². The average Bonchev–Trinajstić information content (AvgIpc) is 2.52. The minimum Gasteiger partial charge on any atom is -0.349 e. The van der Waals surface area contributed by atoms with Crippen molar-refractivity contribution in [1.29, 1.82) is 0 Å². The van der Waals surface area contributed by atoms with Gasteiger partial charge in [0.1, 0.15) is 0 Å². The first-order valence-corrected chi connectivity index (χ1v) is 9.02. The maximum Gasteiger partial charge on any atom is 0.172 e. The lowest BCUT2D eigenvalue weighted by Crippen LogP contribution is -2.68. The van der Waals surface area contributed by atoms with Gasteiger partial charge in [-0.1, -0.05) is 32.8 Å². The van der Waals surface area contributed by atoms with Crippen LogP contribution in [-0.2, 0) is 9.47 Å². The number of hydrogen-bond donors (Lipinski definition) is 0. The van der Waals surface area contributed by atoms with Crippen molar-refractivity contribution in [3.8, 4) is 0 Å². The van der Waals surface area contributed by atoms with Crippen molar-refractivity contribution < 1.29 is 14.7 Å². The molecule has 2 fully saturated rings. The van der Waals surface area contributed by atoms with E-state index in [1.165, 1.54) is 0 Å². The Kier molecular flexibility index (Phi) is 5.00. The molecule has 0 aromatic carbocycles. The van der Waals surface area contributed by atoms with Gasteiger partial charge in [-0.05, 0) is 39.5 Å². The van der Waals surface area contributed by atoms with Gasteiger partial charge in [0.25, 0.3) is 0 Å². The Bertz CT molecular complexity index is 376. The zero-order chi connectivity index (χ0) is 16.6. The summed E-state index contributed by atoms with van der Waals surface area (Å²) in [4.78, 5) is 0. The first-order valence-electron chi connectivity index (χ1n) is 9.02. The maximum atomic E-state index is 8.65. The van der Waals surface area contributed by atoms with Crippen LogP contribution in [0.5, 0.6) is 0 Å². The Morgan fingerprint density at radius 1 is 0.864 bits per heavy atom. The van der Waals surface area contributed by atoms with Gasteiger partial charge in [0.05, 0.1) is 24.3 Å². The summed E-state index contributed by atoms with van der Waals surface area (Å²) in [5.74, 6) is -0.499. The van der Waals surface area contributed by atoms with Crippen molar-refractivity contribution in [2.75, 3.05) is 13.2 Å². The monoisotopic (exact) mass is 314 g/mol. The summed E-state index contributed by atoms with van der Waals surface area (Å²) in [7, 11) is 0. The molecule has 2 N–H and O–H groups in total. The molecule has 4 nitrogen and oxygen atoms in total. The van der Waals surface area contributed by atoms with Crippen LogP contribution in [0.1, 0.15) is 80.1 Å². The Morgan fingerprint density at radius 2 is 1.36 bits per heavy atom. The molecule has 0 amide bonds. The Hall–Kier alpha value is -0.160. The highest BCUT2D eigenvalue weighted by molar-refractivity contribution is 5.05. The van der Waals surface area contributed by atoms with Gasteiger partial charge in [-0.3, -0.25) is 0 Å². The number of nitrogens with zero attached hydrogens (tertiary/aromatic N) is 1. The molecule has 0 aromatic rings. The predicted molar refractivity (Wildman–Crippen MR) is 89.7 cm³/mol. The molecule has 0 atom stereocenters. The Morgan fingerprint density at radius 3 is 1.77 bits per heavy atom. The van der Waals surface area contributed by atoms with E-state index < -0.39 is 5.79 Å². The van der Waals surface area contributed by atoms with Crippen LogP contribution in [0, 0.1) is 5.41 Å². The fourth-order valence-corrected chi connectivity index (χ4v) is 4.35. The quantitative estimate of drug-likeness (QED) is 0.745. The van der Waals surface area contributed by atoms with Crippen LogP contribution in [0.3, 0.4) is 0 Å². The van der Waals surface area contributed by atoms with Crippen LogP contribution in [-0.4, -0.2) is 40.3 Å². The van der Waals surface area contributed by atoms with E-state index in [0.29, 0.717) is 0 Å². The first-order chi connectivity index (χ1) is 10.2. The van der Waals surface area contributed by atoms with Gasteiger partial charge in [-0.25, -0.2) is 0 Å². The van der Waals surface area contributed by atoms with Gasteiger partial charge < -0.3 is 14.7 Å². The van der Waals surface area contributed by atoms with Gasteiger partial charge in [0.15, 0.2) is 5.79 Å². The summed E-state index contributed by atoms with van der Waals surface area (Å²) in [6.07, 6.45) is 5.69. The van der Waals surface area contributed by atoms with E-state index in [9.17, 15) is 0 Å².